The minimum absolute atomic E-state index is 0.204. The minimum atomic E-state index is -0.486. The molecular formula is C11H17N3O4. The van der Waals surface area contributed by atoms with E-state index in [9.17, 15) is 4.79 Å². The van der Waals surface area contributed by atoms with E-state index in [2.05, 4.69) is 15.0 Å². The summed E-state index contributed by atoms with van der Waals surface area (Å²) < 4.78 is 16.9. The Bertz CT molecular complexity index is 412. The molecule has 0 unspecified atom stereocenters. The molecule has 7 nitrogen and oxygen atoms in total. The summed E-state index contributed by atoms with van der Waals surface area (Å²) in [6.45, 7) is 1.68. The molecule has 0 saturated carbocycles. The van der Waals surface area contributed by atoms with Crippen molar-refractivity contribution < 1.29 is 19.0 Å². The second-order valence-electron chi connectivity index (χ2n) is 4.10. The van der Waals surface area contributed by atoms with E-state index in [1.807, 2.05) is 0 Å². The van der Waals surface area contributed by atoms with E-state index < -0.39 is 5.97 Å². The number of esters is 1. The third kappa shape index (κ3) is 2.51. The Kier molecular flexibility index (Phi) is 4.27. The van der Waals surface area contributed by atoms with Crippen LogP contribution in [0.3, 0.4) is 0 Å². The number of aromatic nitrogens is 3. The van der Waals surface area contributed by atoms with Crippen molar-refractivity contribution in [3.8, 4) is 0 Å². The van der Waals surface area contributed by atoms with E-state index in [0.29, 0.717) is 18.9 Å². The Labute approximate surface area is 105 Å². The molecule has 0 amide bonds. The highest BCUT2D eigenvalue weighted by Gasteiger charge is 2.25. The van der Waals surface area contributed by atoms with Gasteiger partial charge in [-0.25, -0.2) is 9.48 Å². The van der Waals surface area contributed by atoms with E-state index in [0.717, 1.165) is 12.8 Å². The summed E-state index contributed by atoms with van der Waals surface area (Å²) in [6.07, 6.45) is 1.72. The van der Waals surface area contributed by atoms with Crippen LogP contribution in [0.2, 0.25) is 0 Å². The molecule has 7 heteroatoms. The zero-order chi connectivity index (χ0) is 13.0. The molecule has 100 valence electrons. The molecule has 1 aromatic rings. The van der Waals surface area contributed by atoms with Gasteiger partial charge < -0.3 is 14.2 Å². The lowest BCUT2D eigenvalue weighted by atomic mass is 10.1. The molecule has 1 aromatic heterocycles. The van der Waals surface area contributed by atoms with Crippen molar-refractivity contribution in [1.82, 2.24) is 15.0 Å². The van der Waals surface area contributed by atoms with E-state index in [4.69, 9.17) is 9.47 Å². The number of hydrogen-bond donors (Lipinski definition) is 0. The Morgan fingerprint density at radius 3 is 2.78 bits per heavy atom. The highest BCUT2D eigenvalue weighted by atomic mass is 16.5. The normalized spacial score (nSPS) is 16.8. The summed E-state index contributed by atoms with van der Waals surface area (Å²) in [5.74, 6) is -0.486. The zero-order valence-electron chi connectivity index (χ0n) is 10.6. The van der Waals surface area contributed by atoms with Crippen LogP contribution in [0.5, 0.6) is 0 Å². The molecule has 18 heavy (non-hydrogen) atoms. The van der Waals surface area contributed by atoms with Gasteiger partial charge in [-0.2, -0.15) is 0 Å². The predicted molar refractivity (Wildman–Crippen MR) is 61.2 cm³/mol. The second kappa shape index (κ2) is 5.92. The predicted octanol–water partition coefficient (Wildman–Crippen LogP) is 0.563. The molecule has 0 radical (unpaired) electrons. The van der Waals surface area contributed by atoms with Crippen LogP contribution in [0.25, 0.3) is 0 Å². The molecule has 1 fully saturated rings. The van der Waals surface area contributed by atoms with Gasteiger partial charge in [-0.15, -0.1) is 5.10 Å². The SMILES string of the molecule is COCc1c(C(=O)OC)nnn1C1CCOCC1. The Morgan fingerprint density at radius 2 is 2.17 bits per heavy atom. The highest BCUT2D eigenvalue weighted by Crippen LogP contribution is 2.23. The quantitative estimate of drug-likeness (QED) is 0.732. The first-order valence-corrected chi connectivity index (χ1v) is 5.87. The van der Waals surface area contributed by atoms with Crippen molar-refractivity contribution in [3.05, 3.63) is 11.4 Å². The smallest absolute Gasteiger partial charge is 0.360 e. The van der Waals surface area contributed by atoms with Crippen molar-refractivity contribution in [2.75, 3.05) is 27.4 Å². The molecule has 1 saturated heterocycles. The first kappa shape index (κ1) is 13.0. The van der Waals surface area contributed by atoms with Gasteiger partial charge in [0.1, 0.15) is 0 Å². The molecule has 2 rings (SSSR count). The van der Waals surface area contributed by atoms with Gasteiger partial charge in [0.15, 0.2) is 5.69 Å². The molecular weight excluding hydrogens is 238 g/mol. The van der Waals surface area contributed by atoms with E-state index >= 15 is 0 Å². The second-order valence-corrected chi connectivity index (χ2v) is 4.10. The average Bonchev–Trinajstić information content (AvgIpc) is 2.83. The molecule has 0 atom stereocenters. The van der Waals surface area contributed by atoms with Crippen molar-refractivity contribution in [3.63, 3.8) is 0 Å². The fourth-order valence-electron chi connectivity index (χ4n) is 2.06. The summed E-state index contributed by atoms with van der Waals surface area (Å²) in [5.41, 5.74) is 0.891. The van der Waals surface area contributed by atoms with Crippen LogP contribution < -0.4 is 0 Å². The molecule has 0 spiro atoms. The lowest BCUT2D eigenvalue weighted by molar-refractivity contribution is 0.0581. The van der Waals surface area contributed by atoms with Crippen LogP contribution in [0.15, 0.2) is 0 Å². The number of methoxy groups -OCH3 is 2. The topological polar surface area (TPSA) is 75.5 Å². The minimum Gasteiger partial charge on any atom is -0.464 e. The van der Waals surface area contributed by atoms with E-state index in [1.165, 1.54) is 7.11 Å². The van der Waals surface area contributed by atoms with E-state index in [1.54, 1.807) is 11.8 Å². The number of carbonyl (C=O) groups excluding carboxylic acids is 1. The number of carbonyl (C=O) groups is 1. The Morgan fingerprint density at radius 1 is 1.44 bits per heavy atom. The molecule has 0 bridgehead atoms. The van der Waals surface area contributed by atoms with Crippen molar-refractivity contribution in [2.45, 2.75) is 25.5 Å². The van der Waals surface area contributed by atoms with Gasteiger partial charge in [0, 0.05) is 20.3 Å². The van der Waals surface area contributed by atoms with Crippen LogP contribution >= 0.6 is 0 Å². The fourth-order valence-corrected chi connectivity index (χ4v) is 2.06. The summed E-state index contributed by atoms with van der Waals surface area (Å²) in [6, 6.07) is 0.204. The lowest BCUT2D eigenvalue weighted by Crippen LogP contribution is -2.23. The zero-order valence-corrected chi connectivity index (χ0v) is 10.6. The largest absolute Gasteiger partial charge is 0.464 e. The third-order valence-electron chi connectivity index (χ3n) is 2.99. The van der Waals surface area contributed by atoms with Crippen LogP contribution in [-0.4, -0.2) is 48.4 Å². The standard InChI is InChI=1S/C11H17N3O4/c1-16-7-9-10(11(15)17-2)12-13-14(9)8-3-5-18-6-4-8/h8H,3-7H2,1-2H3. The Hall–Kier alpha value is -1.47. The van der Waals surface area contributed by atoms with Crippen LogP contribution in [0, 0.1) is 0 Å². The molecule has 0 N–H and O–H groups in total. The van der Waals surface area contributed by atoms with Gasteiger partial charge >= 0.3 is 5.97 Å². The van der Waals surface area contributed by atoms with Gasteiger partial charge in [-0.1, -0.05) is 5.21 Å². The van der Waals surface area contributed by atoms with Crippen LogP contribution in [-0.2, 0) is 20.8 Å². The number of nitrogens with zero attached hydrogens (tertiary/aromatic N) is 3. The first-order valence-electron chi connectivity index (χ1n) is 5.87. The van der Waals surface area contributed by atoms with Gasteiger partial charge in [-0.3, -0.25) is 0 Å². The van der Waals surface area contributed by atoms with Gasteiger partial charge in [-0.05, 0) is 12.8 Å². The van der Waals surface area contributed by atoms with E-state index in [-0.39, 0.29) is 18.3 Å². The monoisotopic (exact) mass is 255 g/mol. The maximum atomic E-state index is 11.6. The number of ether oxygens (including phenoxy) is 3. The summed E-state index contributed by atoms with van der Waals surface area (Å²) in [7, 11) is 2.90. The maximum Gasteiger partial charge on any atom is 0.360 e. The van der Waals surface area contributed by atoms with Crippen molar-refractivity contribution >= 4 is 5.97 Å². The van der Waals surface area contributed by atoms with Gasteiger partial charge in [0.2, 0.25) is 0 Å². The molecule has 0 aromatic carbocycles. The molecule has 2 heterocycles. The highest BCUT2D eigenvalue weighted by molar-refractivity contribution is 5.88. The number of hydrogen-bond acceptors (Lipinski definition) is 6. The molecule has 1 aliphatic rings. The fraction of sp³-hybridized carbons (Fsp3) is 0.727. The van der Waals surface area contributed by atoms with Gasteiger partial charge in [0.25, 0.3) is 0 Å². The van der Waals surface area contributed by atoms with Crippen LogP contribution in [0.4, 0.5) is 0 Å². The first-order chi connectivity index (χ1) is 8.77. The number of rotatable bonds is 4. The summed E-state index contributed by atoms with van der Waals surface area (Å²) in [4.78, 5) is 11.6. The van der Waals surface area contributed by atoms with Crippen LogP contribution in [0.1, 0.15) is 35.1 Å². The van der Waals surface area contributed by atoms with Gasteiger partial charge in [0.05, 0.1) is 25.5 Å². The average molecular weight is 255 g/mol. The Balaban J connectivity index is 2.28. The van der Waals surface area contributed by atoms with Crippen molar-refractivity contribution in [2.24, 2.45) is 0 Å². The maximum absolute atomic E-state index is 11.6. The van der Waals surface area contributed by atoms with Crippen molar-refractivity contribution in [1.29, 1.82) is 0 Å². The molecule has 0 aliphatic carbocycles. The molecule has 1 aliphatic heterocycles. The summed E-state index contributed by atoms with van der Waals surface area (Å²) >= 11 is 0. The summed E-state index contributed by atoms with van der Waals surface area (Å²) in [5, 5.41) is 7.96. The lowest BCUT2D eigenvalue weighted by Gasteiger charge is -2.23. The third-order valence-corrected chi connectivity index (χ3v) is 2.99.